The second-order valence-electron chi connectivity index (χ2n) is 7.71. The molecule has 0 fully saturated rings. The van der Waals surface area contributed by atoms with E-state index in [1.54, 1.807) is 13.3 Å². The zero-order valence-electron chi connectivity index (χ0n) is 20.3. The molecule has 2 aromatic heterocycles. The number of unbranched alkanes of at least 4 members (excludes halogenated alkanes) is 3. The molecule has 34 heavy (non-hydrogen) atoms. The Morgan fingerprint density at radius 1 is 0.735 bits per heavy atom. The molecular formula is C24H35Cl3F2N4Sn. The van der Waals surface area contributed by atoms with Crippen LogP contribution in [0.25, 0.3) is 6.08 Å². The first-order chi connectivity index (χ1) is 16.2. The van der Waals surface area contributed by atoms with Crippen molar-refractivity contribution in [1.29, 1.82) is 0 Å². The van der Waals surface area contributed by atoms with Gasteiger partial charge in [-0.15, -0.1) is 0 Å². The largest absolute Gasteiger partial charge is 0.221 e. The maximum atomic E-state index is 12.7. The van der Waals surface area contributed by atoms with E-state index in [9.17, 15) is 8.78 Å². The van der Waals surface area contributed by atoms with Crippen LogP contribution in [0.1, 0.15) is 65.0 Å². The normalized spacial score (nSPS) is 10.5. The predicted molar refractivity (Wildman–Crippen MR) is 144 cm³/mol. The van der Waals surface area contributed by atoms with Gasteiger partial charge in [-0.25, -0.2) is 28.7 Å². The monoisotopic (exact) mass is 642 g/mol. The molecule has 0 saturated carbocycles. The topological polar surface area (TPSA) is 51.6 Å². The summed E-state index contributed by atoms with van der Waals surface area (Å²) >= 11 is 13.9. The number of rotatable bonds is 11. The number of hydrogen-bond donors (Lipinski definition) is 0. The fraction of sp³-hybridized carbons (Fsp3) is 0.500. The molecule has 4 nitrogen and oxygen atoms in total. The van der Waals surface area contributed by atoms with Crippen LogP contribution in [0.2, 0.25) is 28.8 Å². The summed E-state index contributed by atoms with van der Waals surface area (Å²) in [5.41, 5.74) is 0.125. The average molecular weight is 643 g/mol. The first-order valence-corrected chi connectivity index (χ1v) is 20.3. The van der Waals surface area contributed by atoms with Gasteiger partial charge in [-0.3, -0.25) is 0 Å². The molecule has 0 spiro atoms. The van der Waals surface area contributed by atoms with Crippen molar-refractivity contribution in [2.45, 2.75) is 72.6 Å². The van der Waals surface area contributed by atoms with Gasteiger partial charge in [-0.05, 0) is 6.08 Å². The van der Waals surface area contributed by atoms with E-state index in [0.29, 0.717) is 0 Å². The average Bonchev–Trinajstić information content (AvgIpc) is 2.85. The van der Waals surface area contributed by atoms with Gasteiger partial charge >= 0.3 is 102 Å². The van der Waals surface area contributed by atoms with Crippen molar-refractivity contribution in [3.8, 4) is 0 Å². The zero-order chi connectivity index (χ0) is 26.0. The van der Waals surface area contributed by atoms with Gasteiger partial charge in [-0.2, -0.15) is 0 Å². The van der Waals surface area contributed by atoms with E-state index in [1.165, 1.54) is 50.9 Å². The Morgan fingerprint density at radius 2 is 1.12 bits per heavy atom. The van der Waals surface area contributed by atoms with E-state index in [1.807, 2.05) is 0 Å². The summed E-state index contributed by atoms with van der Waals surface area (Å²) in [6.45, 7) is 14.5. The van der Waals surface area contributed by atoms with Crippen molar-refractivity contribution in [1.82, 2.24) is 19.9 Å². The molecule has 0 aliphatic carbocycles. The molecule has 2 heterocycles. The smallest absolute Gasteiger partial charge is 0.197 e. The molecule has 0 unspecified atom stereocenters. The van der Waals surface area contributed by atoms with Crippen LogP contribution in [0.15, 0.2) is 29.9 Å². The van der Waals surface area contributed by atoms with Crippen LogP contribution < -0.4 is 0 Å². The fourth-order valence-corrected chi connectivity index (χ4v) is 16.5. The molecular weight excluding hydrogens is 607 g/mol. The molecule has 10 heteroatoms. The Hall–Kier alpha value is -0.831. The molecule has 0 atom stereocenters. The molecule has 0 aliphatic heterocycles. The van der Waals surface area contributed by atoms with Gasteiger partial charge in [0.05, 0.1) is 0 Å². The Kier molecular flexibility index (Phi) is 18.9. The summed E-state index contributed by atoms with van der Waals surface area (Å²) in [6, 6.07) is 0. The first kappa shape index (κ1) is 33.2. The number of halogens is 5. The molecule has 0 radical (unpaired) electrons. The molecule has 0 amide bonds. The SMILES string of the molecule is C=Cc1ncnc(Cl)c1F.C=[CH][Sn]([CH2]CCC)([CH2]CCC)[CH2]CCC.Fc1c(Cl)ncnc1Cl. The maximum absolute atomic E-state index is 12.7. The molecule has 2 rings (SSSR count). The number of nitrogens with zero attached hydrogens (tertiary/aromatic N) is 4. The van der Waals surface area contributed by atoms with Crippen molar-refractivity contribution >= 4 is 59.3 Å². The van der Waals surface area contributed by atoms with Gasteiger partial charge in [0.2, 0.25) is 0 Å². The summed E-state index contributed by atoms with van der Waals surface area (Å²) in [6.07, 6.45) is 12.0. The third-order valence-electron chi connectivity index (χ3n) is 5.19. The summed E-state index contributed by atoms with van der Waals surface area (Å²) < 4.78 is 32.2. The van der Waals surface area contributed by atoms with E-state index in [-0.39, 0.29) is 21.2 Å². The summed E-state index contributed by atoms with van der Waals surface area (Å²) in [5, 5.41) is -0.685. The standard InChI is InChI=1S/C6H4ClFN2.C4HCl2FN2.3C4H9.C2H3.Sn/c1-2-4-5(8)6(7)10-3-9-4;5-3-2(7)4(6)9-1-8-3;3*1-3-4-2;1-2;/h2-3H,1H2;1H;3*1,3-4H2,2H3;1H,2H2;. The Balaban J connectivity index is 0.000000499. The van der Waals surface area contributed by atoms with Crippen LogP contribution >= 0.6 is 34.8 Å². The minimum atomic E-state index is -1.85. The molecule has 0 aromatic carbocycles. The maximum Gasteiger partial charge on any atom is 0.197 e. The van der Waals surface area contributed by atoms with Crippen LogP contribution in [-0.2, 0) is 0 Å². The first-order valence-electron chi connectivity index (χ1n) is 11.4. The zero-order valence-corrected chi connectivity index (χ0v) is 25.4. The minimum Gasteiger partial charge on any atom is -0.221 e. The van der Waals surface area contributed by atoms with Gasteiger partial charge in [0, 0.05) is 0 Å². The van der Waals surface area contributed by atoms with E-state index < -0.39 is 30.0 Å². The van der Waals surface area contributed by atoms with Gasteiger partial charge in [-0.1, -0.05) is 41.4 Å². The van der Waals surface area contributed by atoms with Gasteiger partial charge in [0.25, 0.3) is 0 Å². The Morgan fingerprint density at radius 3 is 1.41 bits per heavy atom. The predicted octanol–water partition coefficient (Wildman–Crippen LogP) is 9.40. The van der Waals surface area contributed by atoms with Crippen molar-refractivity contribution in [3.05, 3.63) is 62.7 Å². The number of hydrogen-bond acceptors (Lipinski definition) is 4. The van der Waals surface area contributed by atoms with Crippen molar-refractivity contribution in [3.63, 3.8) is 0 Å². The Labute approximate surface area is 222 Å². The molecule has 0 bridgehead atoms. The van der Waals surface area contributed by atoms with Gasteiger partial charge in [0.15, 0.2) is 27.1 Å². The number of aromatic nitrogens is 4. The molecule has 2 aromatic rings. The van der Waals surface area contributed by atoms with Gasteiger partial charge in [0.1, 0.15) is 18.3 Å². The van der Waals surface area contributed by atoms with Crippen LogP contribution in [0.4, 0.5) is 8.78 Å². The molecule has 0 saturated heterocycles. The second kappa shape index (κ2) is 19.4. The van der Waals surface area contributed by atoms with E-state index >= 15 is 0 Å². The van der Waals surface area contributed by atoms with Crippen LogP contribution in [0, 0.1) is 11.6 Å². The van der Waals surface area contributed by atoms with Crippen molar-refractivity contribution < 1.29 is 8.78 Å². The third kappa shape index (κ3) is 12.8. The Bertz CT molecular complexity index is 830. The third-order valence-corrected chi connectivity index (χ3v) is 20.0. The second-order valence-corrected chi connectivity index (χ2v) is 22.0. The van der Waals surface area contributed by atoms with E-state index in [4.69, 9.17) is 34.8 Å². The fourth-order valence-electron chi connectivity index (χ4n) is 3.10. The van der Waals surface area contributed by atoms with Crippen molar-refractivity contribution in [2.24, 2.45) is 0 Å². The quantitative estimate of drug-likeness (QED) is 0.181. The molecule has 0 aliphatic rings. The summed E-state index contributed by atoms with van der Waals surface area (Å²) in [5.74, 6) is -1.40. The van der Waals surface area contributed by atoms with Crippen LogP contribution in [-0.4, -0.2) is 38.3 Å². The summed E-state index contributed by atoms with van der Waals surface area (Å²) in [7, 11) is 0. The molecule has 0 N–H and O–H groups in total. The summed E-state index contributed by atoms with van der Waals surface area (Å²) in [4.78, 5) is 13.7. The molecule has 190 valence electrons. The van der Waals surface area contributed by atoms with Crippen molar-refractivity contribution in [2.75, 3.05) is 0 Å². The van der Waals surface area contributed by atoms with E-state index in [0.717, 1.165) is 6.33 Å². The van der Waals surface area contributed by atoms with Crippen LogP contribution in [0.5, 0.6) is 0 Å². The van der Waals surface area contributed by atoms with Crippen LogP contribution in [0.3, 0.4) is 0 Å². The minimum absolute atomic E-state index is 0.125. The van der Waals surface area contributed by atoms with E-state index in [2.05, 4.69) is 58.0 Å². The van der Waals surface area contributed by atoms with Gasteiger partial charge < -0.3 is 0 Å².